The zero-order valence-corrected chi connectivity index (χ0v) is 14.1. The van der Waals surface area contributed by atoms with Gasteiger partial charge in [-0.25, -0.2) is 4.98 Å². The summed E-state index contributed by atoms with van der Waals surface area (Å²) < 4.78 is 6.29. The molecule has 128 valence electrons. The number of nitrogens with one attached hydrogen (secondary N) is 1. The normalized spacial score (nSPS) is 10.4. The fraction of sp³-hybridized carbons (Fsp3) is 0.200. The fourth-order valence-corrected chi connectivity index (χ4v) is 2.81. The van der Waals surface area contributed by atoms with Crippen LogP contribution in [0.15, 0.2) is 36.0 Å². The summed E-state index contributed by atoms with van der Waals surface area (Å²) in [6, 6.07) is 6.93. The van der Waals surface area contributed by atoms with Crippen molar-refractivity contribution in [2.24, 2.45) is 0 Å². The van der Waals surface area contributed by atoms with Gasteiger partial charge >= 0.3 is 5.97 Å². The Hall–Kier alpha value is -3.14. The van der Waals surface area contributed by atoms with Crippen LogP contribution >= 0.6 is 11.3 Å². The average Bonchev–Trinajstić information content (AvgIpc) is 3.27. The van der Waals surface area contributed by atoms with Gasteiger partial charge in [0.15, 0.2) is 5.13 Å². The number of benzene rings is 1. The molecular weight excluding hydrogens is 344 g/mol. The Morgan fingerprint density at radius 1 is 1.32 bits per heavy atom. The van der Waals surface area contributed by atoms with Crippen LogP contribution in [0.2, 0.25) is 0 Å². The first-order valence-corrected chi connectivity index (χ1v) is 8.29. The van der Waals surface area contributed by atoms with E-state index < -0.39 is 0 Å². The lowest BCUT2D eigenvalue weighted by atomic mass is 10.1. The van der Waals surface area contributed by atoms with Gasteiger partial charge < -0.3 is 4.74 Å². The van der Waals surface area contributed by atoms with Crippen LogP contribution in [0.1, 0.15) is 23.0 Å². The van der Waals surface area contributed by atoms with E-state index in [4.69, 9.17) is 4.74 Å². The molecule has 1 aromatic carbocycles. The third-order valence-electron chi connectivity index (χ3n) is 3.15. The Balaban J connectivity index is 1.73. The van der Waals surface area contributed by atoms with Gasteiger partial charge in [-0.3, -0.25) is 14.9 Å². The highest BCUT2D eigenvalue weighted by Crippen LogP contribution is 2.19. The van der Waals surface area contributed by atoms with Gasteiger partial charge in [0.05, 0.1) is 30.0 Å². The highest BCUT2D eigenvalue weighted by atomic mass is 32.1. The average molecular weight is 358 g/mol. The molecule has 0 radical (unpaired) electrons. The molecule has 0 aliphatic carbocycles. The first-order chi connectivity index (χ1) is 12.2. The minimum Gasteiger partial charge on any atom is -0.466 e. The quantitative estimate of drug-likeness (QED) is 0.664. The summed E-state index contributed by atoms with van der Waals surface area (Å²) in [5.74, 6) is -0.696. The van der Waals surface area contributed by atoms with E-state index in [1.54, 1.807) is 36.6 Å². The molecule has 3 rings (SSSR count). The second-order valence-electron chi connectivity index (χ2n) is 4.85. The molecule has 0 atom stereocenters. The van der Waals surface area contributed by atoms with E-state index in [1.807, 2.05) is 0 Å². The third-order valence-corrected chi connectivity index (χ3v) is 3.95. The summed E-state index contributed by atoms with van der Waals surface area (Å²) in [5.41, 5.74) is 1.50. The maximum atomic E-state index is 12.5. The first kappa shape index (κ1) is 16.7. The molecule has 0 aliphatic rings. The number of thiazole rings is 1. The van der Waals surface area contributed by atoms with Crippen molar-refractivity contribution in [3.8, 4) is 5.69 Å². The number of amides is 1. The van der Waals surface area contributed by atoms with Gasteiger partial charge in [-0.05, 0) is 29.5 Å². The number of esters is 1. The monoisotopic (exact) mass is 358 g/mol. The molecule has 10 heteroatoms. The number of rotatable bonds is 6. The highest BCUT2D eigenvalue weighted by molar-refractivity contribution is 7.14. The number of tetrazole rings is 1. The minimum atomic E-state index is -0.352. The molecule has 0 spiro atoms. The lowest BCUT2D eigenvalue weighted by molar-refractivity contribution is -0.142. The summed E-state index contributed by atoms with van der Waals surface area (Å²) in [6.45, 7) is 2.06. The number of nitrogens with zero attached hydrogens (tertiary/aromatic N) is 5. The SMILES string of the molecule is CCOC(=O)Cc1csc(NC(=O)c2ccccc2-n2cnnn2)n1. The van der Waals surface area contributed by atoms with Gasteiger partial charge in [0.25, 0.3) is 5.91 Å². The van der Waals surface area contributed by atoms with Crippen LogP contribution in [0.25, 0.3) is 5.69 Å². The van der Waals surface area contributed by atoms with Gasteiger partial charge in [-0.2, -0.15) is 4.68 Å². The maximum absolute atomic E-state index is 12.5. The Labute approximate surface area is 146 Å². The summed E-state index contributed by atoms with van der Waals surface area (Å²) in [4.78, 5) is 28.3. The smallest absolute Gasteiger partial charge is 0.311 e. The molecule has 0 saturated heterocycles. The van der Waals surface area contributed by atoms with E-state index in [1.165, 1.54) is 22.3 Å². The van der Waals surface area contributed by atoms with Crippen LogP contribution in [-0.4, -0.2) is 43.7 Å². The molecule has 1 amide bonds. The van der Waals surface area contributed by atoms with Crippen molar-refractivity contribution in [1.29, 1.82) is 0 Å². The van der Waals surface area contributed by atoms with E-state index in [-0.39, 0.29) is 18.3 Å². The predicted octanol–water partition coefficient (Wildman–Crippen LogP) is 1.48. The Bertz CT molecular complexity index is 877. The topological polar surface area (TPSA) is 112 Å². The minimum absolute atomic E-state index is 0.0709. The number of ether oxygens (including phenoxy) is 1. The highest BCUT2D eigenvalue weighted by Gasteiger charge is 2.15. The summed E-state index contributed by atoms with van der Waals surface area (Å²) >= 11 is 1.24. The van der Waals surface area contributed by atoms with E-state index in [2.05, 4.69) is 25.8 Å². The van der Waals surface area contributed by atoms with Crippen molar-refractivity contribution in [2.45, 2.75) is 13.3 Å². The molecule has 0 bridgehead atoms. The van der Waals surface area contributed by atoms with E-state index in [0.717, 1.165) is 0 Å². The number of aromatic nitrogens is 5. The van der Waals surface area contributed by atoms with Gasteiger partial charge in [-0.1, -0.05) is 12.1 Å². The Kier molecular flexibility index (Phi) is 5.09. The van der Waals surface area contributed by atoms with Crippen molar-refractivity contribution >= 4 is 28.3 Å². The van der Waals surface area contributed by atoms with Crippen molar-refractivity contribution < 1.29 is 14.3 Å². The van der Waals surface area contributed by atoms with Crippen LogP contribution in [0.3, 0.4) is 0 Å². The number of anilines is 1. The summed E-state index contributed by atoms with van der Waals surface area (Å²) in [5, 5.41) is 15.8. The van der Waals surface area contributed by atoms with Crippen LogP contribution < -0.4 is 5.32 Å². The fourth-order valence-electron chi connectivity index (χ4n) is 2.11. The molecule has 0 aliphatic heterocycles. The van der Waals surface area contributed by atoms with Crippen LogP contribution in [-0.2, 0) is 16.0 Å². The van der Waals surface area contributed by atoms with Gasteiger partial charge in [0, 0.05) is 5.38 Å². The number of carbonyl (C=O) groups is 2. The van der Waals surface area contributed by atoms with E-state index >= 15 is 0 Å². The molecular formula is C15H14N6O3S. The van der Waals surface area contributed by atoms with E-state index in [0.29, 0.717) is 28.7 Å². The zero-order chi connectivity index (χ0) is 17.6. The van der Waals surface area contributed by atoms with Crippen LogP contribution in [0.5, 0.6) is 0 Å². The van der Waals surface area contributed by atoms with Gasteiger partial charge in [-0.15, -0.1) is 16.4 Å². The number of carbonyl (C=O) groups excluding carboxylic acids is 2. The lowest BCUT2D eigenvalue weighted by Gasteiger charge is -2.07. The maximum Gasteiger partial charge on any atom is 0.311 e. The zero-order valence-electron chi connectivity index (χ0n) is 13.2. The molecule has 25 heavy (non-hydrogen) atoms. The summed E-state index contributed by atoms with van der Waals surface area (Å²) in [7, 11) is 0. The second kappa shape index (κ2) is 7.62. The third kappa shape index (κ3) is 4.04. The van der Waals surface area contributed by atoms with E-state index in [9.17, 15) is 9.59 Å². The van der Waals surface area contributed by atoms with Gasteiger partial charge in [0.1, 0.15) is 6.33 Å². The first-order valence-electron chi connectivity index (χ1n) is 7.41. The van der Waals surface area contributed by atoms with Crippen LogP contribution in [0.4, 0.5) is 5.13 Å². The van der Waals surface area contributed by atoms with Crippen LogP contribution in [0, 0.1) is 0 Å². The summed E-state index contributed by atoms with van der Waals surface area (Å²) in [6.07, 6.45) is 1.48. The largest absolute Gasteiger partial charge is 0.466 e. The molecule has 0 fully saturated rings. The molecule has 2 heterocycles. The second-order valence-corrected chi connectivity index (χ2v) is 5.71. The Morgan fingerprint density at radius 2 is 2.16 bits per heavy atom. The molecule has 0 unspecified atom stereocenters. The lowest BCUT2D eigenvalue weighted by Crippen LogP contribution is -2.15. The standard InChI is InChI=1S/C15H14N6O3S/c1-2-24-13(22)7-10-8-25-15(17-10)18-14(23)11-5-3-4-6-12(11)21-9-16-19-20-21/h3-6,8-9H,2,7H2,1H3,(H,17,18,23). The van der Waals surface area contributed by atoms with Crippen molar-refractivity contribution in [1.82, 2.24) is 25.2 Å². The molecule has 9 nitrogen and oxygen atoms in total. The molecule has 1 N–H and O–H groups in total. The number of para-hydroxylation sites is 1. The Morgan fingerprint density at radius 3 is 2.92 bits per heavy atom. The van der Waals surface area contributed by atoms with Crippen molar-refractivity contribution in [2.75, 3.05) is 11.9 Å². The molecule has 0 saturated carbocycles. The van der Waals surface area contributed by atoms with Gasteiger partial charge in [0.2, 0.25) is 0 Å². The van der Waals surface area contributed by atoms with Crippen molar-refractivity contribution in [3.63, 3.8) is 0 Å². The molecule has 3 aromatic rings. The number of hydrogen-bond acceptors (Lipinski definition) is 8. The molecule has 2 aromatic heterocycles. The number of hydrogen-bond donors (Lipinski definition) is 1. The van der Waals surface area contributed by atoms with Crippen molar-refractivity contribution in [3.05, 3.63) is 47.2 Å². The predicted molar refractivity (Wildman–Crippen MR) is 89.6 cm³/mol.